The molecule has 0 aromatic heterocycles. The summed E-state index contributed by atoms with van der Waals surface area (Å²) in [5.74, 6) is -0.708. The Kier molecular flexibility index (Phi) is 5.49. The summed E-state index contributed by atoms with van der Waals surface area (Å²) in [6, 6.07) is 9.19. The molecule has 2 amide bonds. The number of benzene rings is 1. The molecular weight excluding hydrogens is 242 g/mol. The minimum Gasteiger partial charge on any atom is -0.449 e. The Labute approximate surface area is 105 Å². The van der Waals surface area contributed by atoms with Crippen molar-refractivity contribution in [2.24, 2.45) is 0 Å². The van der Waals surface area contributed by atoms with Crippen LogP contribution in [0, 0.1) is 0 Å². The van der Waals surface area contributed by atoms with E-state index in [-0.39, 0.29) is 19.0 Å². The standard InChI is InChI=1S/C12H14ClNO3/c1-2-17-12(16)14(11(15)8-13)9-10-6-4-3-5-7-10/h3-7H,2,8-9H2,1H3. The van der Waals surface area contributed by atoms with Crippen LogP contribution in [0.1, 0.15) is 12.5 Å². The molecule has 1 aromatic carbocycles. The second-order valence-electron chi connectivity index (χ2n) is 3.30. The third-order valence-electron chi connectivity index (χ3n) is 2.09. The third kappa shape index (κ3) is 4.07. The van der Waals surface area contributed by atoms with Crippen LogP contribution in [0.15, 0.2) is 30.3 Å². The molecule has 92 valence electrons. The molecule has 0 unspecified atom stereocenters. The van der Waals surface area contributed by atoms with E-state index in [4.69, 9.17) is 16.3 Å². The quantitative estimate of drug-likeness (QED) is 0.777. The number of amides is 2. The average molecular weight is 256 g/mol. The van der Waals surface area contributed by atoms with Crippen LogP contribution in [0.4, 0.5) is 4.79 Å². The van der Waals surface area contributed by atoms with Gasteiger partial charge in [-0.05, 0) is 12.5 Å². The van der Waals surface area contributed by atoms with E-state index < -0.39 is 12.0 Å². The predicted molar refractivity (Wildman–Crippen MR) is 64.7 cm³/mol. The summed E-state index contributed by atoms with van der Waals surface area (Å²) in [5.41, 5.74) is 0.846. The summed E-state index contributed by atoms with van der Waals surface area (Å²) in [6.07, 6.45) is -0.665. The maximum absolute atomic E-state index is 11.6. The van der Waals surface area contributed by atoms with Crippen LogP contribution in [0.25, 0.3) is 0 Å². The van der Waals surface area contributed by atoms with Gasteiger partial charge >= 0.3 is 6.09 Å². The van der Waals surface area contributed by atoms with Gasteiger partial charge in [0, 0.05) is 0 Å². The molecule has 0 aliphatic heterocycles. The number of nitrogens with zero attached hydrogens (tertiary/aromatic N) is 1. The third-order valence-corrected chi connectivity index (χ3v) is 2.32. The number of hydrogen-bond donors (Lipinski definition) is 0. The highest BCUT2D eigenvalue weighted by Crippen LogP contribution is 2.07. The number of imide groups is 1. The van der Waals surface area contributed by atoms with Crippen molar-refractivity contribution in [1.82, 2.24) is 4.90 Å². The molecule has 0 aliphatic carbocycles. The zero-order valence-electron chi connectivity index (χ0n) is 9.56. The van der Waals surface area contributed by atoms with Crippen LogP contribution in [0.2, 0.25) is 0 Å². The zero-order valence-corrected chi connectivity index (χ0v) is 10.3. The van der Waals surface area contributed by atoms with Gasteiger partial charge in [0.1, 0.15) is 5.88 Å². The first-order chi connectivity index (χ1) is 8.19. The maximum atomic E-state index is 11.6. The van der Waals surface area contributed by atoms with Gasteiger partial charge < -0.3 is 4.74 Å². The molecule has 0 radical (unpaired) electrons. The van der Waals surface area contributed by atoms with Gasteiger partial charge in [0.2, 0.25) is 5.91 Å². The zero-order chi connectivity index (χ0) is 12.7. The molecule has 0 atom stereocenters. The van der Waals surface area contributed by atoms with Crippen LogP contribution in [-0.4, -0.2) is 29.4 Å². The molecule has 4 nitrogen and oxygen atoms in total. The van der Waals surface area contributed by atoms with Gasteiger partial charge in [0.05, 0.1) is 13.2 Å². The highest BCUT2D eigenvalue weighted by molar-refractivity contribution is 6.28. The molecule has 0 heterocycles. The van der Waals surface area contributed by atoms with E-state index in [1.165, 1.54) is 0 Å². The summed E-state index contributed by atoms with van der Waals surface area (Å²) in [4.78, 5) is 24.1. The number of halogens is 1. The van der Waals surface area contributed by atoms with Gasteiger partial charge in [0.15, 0.2) is 0 Å². The fourth-order valence-electron chi connectivity index (χ4n) is 1.29. The van der Waals surface area contributed by atoms with E-state index in [9.17, 15) is 9.59 Å². The Hall–Kier alpha value is -1.55. The number of ether oxygens (including phenoxy) is 1. The predicted octanol–water partition coefficient (Wildman–Crippen LogP) is 2.41. The van der Waals surface area contributed by atoms with Gasteiger partial charge in [-0.15, -0.1) is 11.6 Å². The Morgan fingerprint density at radius 3 is 2.47 bits per heavy atom. The molecule has 17 heavy (non-hydrogen) atoms. The Morgan fingerprint density at radius 2 is 1.94 bits per heavy atom. The molecule has 0 N–H and O–H groups in total. The monoisotopic (exact) mass is 255 g/mol. The topological polar surface area (TPSA) is 46.6 Å². The molecule has 0 spiro atoms. The Balaban J connectivity index is 2.77. The summed E-state index contributed by atoms with van der Waals surface area (Å²) in [5, 5.41) is 0. The highest BCUT2D eigenvalue weighted by atomic mass is 35.5. The molecule has 0 bridgehead atoms. The molecule has 5 heteroatoms. The van der Waals surface area contributed by atoms with Gasteiger partial charge in [0.25, 0.3) is 0 Å². The summed E-state index contributed by atoms with van der Waals surface area (Å²) < 4.78 is 4.81. The molecule has 1 rings (SSSR count). The maximum Gasteiger partial charge on any atom is 0.416 e. The minimum absolute atomic E-state index is 0.172. The average Bonchev–Trinajstić information content (AvgIpc) is 2.36. The lowest BCUT2D eigenvalue weighted by molar-refractivity contribution is -0.127. The van der Waals surface area contributed by atoms with Crippen molar-refractivity contribution in [2.45, 2.75) is 13.5 Å². The van der Waals surface area contributed by atoms with E-state index in [1.54, 1.807) is 6.92 Å². The van der Waals surface area contributed by atoms with Crippen molar-refractivity contribution in [1.29, 1.82) is 0 Å². The largest absolute Gasteiger partial charge is 0.449 e. The van der Waals surface area contributed by atoms with Gasteiger partial charge in [-0.3, -0.25) is 4.79 Å². The Bertz CT molecular complexity index is 381. The van der Waals surface area contributed by atoms with Crippen molar-refractivity contribution in [3.63, 3.8) is 0 Å². The Morgan fingerprint density at radius 1 is 1.29 bits per heavy atom. The smallest absolute Gasteiger partial charge is 0.416 e. The highest BCUT2D eigenvalue weighted by Gasteiger charge is 2.21. The molecule has 1 aromatic rings. The molecule has 0 saturated carbocycles. The molecule has 0 aliphatic rings. The van der Waals surface area contributed by atoms with Crippen LogP contribution < -0.4 is 0 Å². The van der Waals surface area contributed by atoms with Crippen LogP contribution in [0.3, 0.4) is 0 Å². The lowest BCUT2D eigenvalue weighted by Gasteiger charge is -2.19. The minimum atomic E-state index is -0.665. The first-order valence-corrected chi connectivity index (χ1v) is 5.79. The summed E-state index contributed by atoms with van der Waals surface area (Å²) >= 11 is 5.46. The van der Waals surface area contributed by atoms with Gasteiger partial charge in [-0.2, -0.15) is 0 Å². The normalized spacial score (nSPS) is 9.76. The number of alkyl halides is 1. The summed E-state index contributed by atoms with van der Waals surface area (Å²) in [6.45, 7) is 2.08. The van der Waals surface area contributed by atoms with Gasteiger partial charge in [-0.1, -0.05) is 30.3 Å². The van der Waals surface area contributed by atoms with Crippen molar-refractivity contribution >= 4 is 23.6 Å². The number of hydrogen-bond acceptors (Lipinski definition) is 3. The van der Waals surface area contributed by atoms with Crippen molar-refractivity contribution < 1.29 is 14.3 Å². The fraction of sp³-hybridized carbons (Fsp3) is 0.333. The van der Waals surface area contributed by atoms with Crippen molar-refractivity contribution in [2.75, 3.05) is 12.5 Å². The fourth-order valence-corrected chi connectivity index (χ4v) is 1.44. The van der Waals surface area contributed by atoms with E-state index in [0.29, 0.717) is 0 Å². The lowest BCUT2D eigenvalue weighted by atomic mass is 10.2. The molecular formula is C12H14ClNO3. The summed E-state index contributed by atoms with van der Waals surface area (Å²) in [7, 11) is 0. The van der Waals surface area contributed by atoms with E-state index in [0.717, 1.165) is 10.5 Å². The van der Waals surface area contributed by atoms with Crippen LogP contribution in [-0.2, 0) is 16.1 Å². The van der Waals surface area contributed by atoms with E-state index >= 15 is 0 Å². The molecule has 0 saturated heterocycles. The number of carbonyl (C=O) groups excluding carboxylic acids is 2. The van der Waals surface area contributed by atoms with E-state index in [1.807, 2.05) is 30.3 Å². The van der Waals surface area contributed by atoms with Crippen molar-refractivity contribution in [3.8, 4) is 0 Å². The first kappa shape index (κ1) is 13.5. The SMILES string of the molecule is CCOC(=O)N(Cc1ccccc1)C(=O)CCl. The second kappa shape index (κ2) is 6.91. The molecule has 0 fully saturated rings. The first-order valence-electron chi connectivity index (χ1n) is 5.26. The van der Waals surface area contributed by atoms with Crippen LogP contribution in [0.5, 0.6) is 0 Å². The number of rotatable bonds is 4. The van der Waals surface area contributed by atoms with Crippen LogP contribution >= 0.6 is 11.6 Å². The van der Waals surface area contributed by atoms with E-state index in [2.05, 4.69) is 0 Å². The van der Waals surface area contributed by atoms with Gasteiger partial charge in [-0.25, -0.2) is 9.69 Å². The lowest BCUT2D eigenvalue weighted by Crippen LogP contribution is -2.37. The van der Waals surface area contributed by atoms with Crippen molar-refractivity contribution in [3.05, 3.63) is 35.9 Å². The number of carbonyl (C=O) groups is 2. The second-order valence-corrected chi connectivity index (χ2v) is 3.57.